The maximum atomic E-state index is 13.5. The SMILES string of the molecule is O=S(=O)(c1ccc(N2CCC3CCC(C2)N3)cc1)N1CCC(Nc2ncc(C(F)(F)F)c(O[C@H]3CCOC3)n2)CC1. The van der Waals surface area contributed by atoms with Crippen molar-refractivity contribution in [1.29, 1.82) is 0 Å². The molecule has 224 valence electrons. The van der Waals surface area contributed by atoms with Crippen molar-refractivity contribution >= 4 is 21.7 Å². The van der Waals surface area contributed by atoms with Crippen LogP contribution >= 0.6 is 0 Å². The van der Waals surface area contributed by atoms with Gasteiger partial charge in [0.25, 0.3) is 0 Å². The number of hydrogen-bond acceptors (Lipinski definition) is 9. The number of hydrogen-bond donors (Lipinski definition) is 2. The largest absolute Gasteiger partial charge is 0.471 e. The molecule has 2 aromatic rings. The second kappa shape index (κ2) is 11.5. The number of anilines is 2. The number of alkyl halides is 3. The molecule has 4 saturated heterocycles. The number of aromatic nitrogens is 2. The van der Waals surface area contributed by atoms with Gasteiger partial charge in [-0.3, -0.25) is 0 Å². The summed E-state index contributed by atoms with van der Waals surface area (Å²) in [5.74, 6) is -0.515. The Hall–Kier alpha value is -2.68. The van der Waals surface area contributed by atoms with Crippen LogP contribution in [0.15, 0.2) is 35.4 Å². The molecular weight excluding hydrogens is 561 g/mol. The van der Waals surface area contributed by atoms with Gasteiger partial charge in [-0.25, -0.2) is 13.4 Å². The molecule has 3 atom stereocenters. The molecule has 4 aliphatic heterocycles. The molecule has 14 heteroatoms. The van der Waals surface area contributed by atoms with Gasteiger partial charge in [-0.1, -0.05) is 0 Å². The minimum Gasteiger partial charge on any atom is -0.471 e. The van der Waals surface area contributed by atoms with Gasteiger partial charge in [-0.05, 0) is 56.4 Å². The first-order valence-corrected chi connectivity index (χ1v) is 15.7. The van der Waals surface area contributed by atoms with Gasteiger partial charge in [0.15, 0.2) is 0 Å². The Morgan fingerprint density at radius 1 is 1.00 bits per heavy atom. The summed E-state index contributed by atoms with van der Waals surface area (Å²) >= 11 is 0. The standard InChI is InChI=1S/C27H35F3N6O4S/c28-27(29,30)24-15-31-26(34-25(24)40-22-10-14-39-17-22)33-19-8-12-36(13-9-19)41(37,38)23-5-3-21(4-6-23)35-11-7-18-1-2-20(16-35)32-18/h3-6,15,18-20,22,32H,1-2,7-14,16-17H2,(H,31,33,34)/t18?,20?,22-/m0/s1. The van der Waals surface area contributed by atoms with Crippen LogP contribution < -0.4 is 20.3 Å². The van der Waals surface area contributed by atoms with Gasteiger partial charge in [0.2, 0.25) is 21.9 Å². The molecule has 4 aliphatic rings. The van der Waals surface area contributed by atoms with E-state index in [0.29, 0.717) is 38.0 Å². The Labute approximate surface area is 237 Å². The molecule has 1 aromatic heterocycles. The third-order valence-corrected chi connectivity index (χ3v) is 10.3. The molecule has 0 saturated carbocycles. The molecule has 6 rings (SSSR count). The van der Waals surface area contributed by atoms with Gasteiger partial charge in [0.05, 0.1) is 18.1 Å². The van der Waals surface area contributed by atoms with Gasteiger partial charge in [0, 0.05) is 62.6 Å². The second-order valence-corrected chi connectivity index (χ2v) is 13.1. The topological polar surface area (TPSA) is 109 Å². The fraction of sp³-hybridized carbons (Fsp3) is 0.630. The van der Waals surface area contributed by atoms with E-state index < -0.39 is 33.7 Å². The van der Waals surface area contributed by atoms with E-state index in [-0.39, 0.29) is 36.6 Å². The van der Waals surface area contributed by atoms with Crippen molar-refractivity contribution in [2.45, 2.75) is 73.8 Å². The molecular formula is C27H35F3N6O4S. The number of fused-ring (bicyclic) bond motifs is 2. The molecule has 0 amide bonds. The van der Waals surface area contributed by atoms with Gasteiger partial charge < -0.3 is 25.0 Å². The van der Waals surface area contributed by atoms with E-state index in [2.05, 4.69) is 25.5 Å². The number of nitrogens with one attached hydrogen (secondary N) is 2. The molecule has 1 aromatic carbocycles. The zero-order valence-electron chi connectivity index (χ0n) is 22.6. The van der Waals surface area contributed by atoms with Gasteiger partial charge in [-0.2, -0.15) is 22.5 Å². The fourth-order valence-electron chi connectivity index (χ4n) is 6.06. The molecule has 4 fully saturated rings. The molecule has 2 N–H and O–H groups in total. The highest BCUT2D eigenvalue weighted by Crippen LogP contribution is 2.36. The number of rotatable bonds is 7. The van der Waals surface area contributed by atoms with E-state index >= 15 is 0 Å². The van der Waals surface area contributed by atoms with Crippen molar-refractivity contribution < 1.29 is 31.1 Å². The number of nitrogens with zero attached hydrogens (tertiary/aromatic N) is 4. The molecule has 2 unspecified atom stereocenters. The Bertz CT molecular complexity index is 1320. The number of piperidine rings is 1. The van der Waals surface area contributed by atoms with E-state index in [1.807, 2.05) is 12.1 Å². The number of benzene rings is 1. The maximum absolute atomic E-state index is 13.5. The Morgan fingerprint density at radius 2 is 1.76 bits per heavy atom. The van der Waals surface area contributed by atoms with Crippen LogP contribution in [0.1, 0.15) is 44.1 Å². The Balaban J connectivity index is 1.07. The summed E-state index contributed by atoms with van der Waals surface area (Å²) < 4.78 is 79.4. The zero-order valence-corrected chi connectivity index (χ0v) is 23.5. The van der Waals surface area contributed by atoms with Crippen LogP contribution in [0.2, 0.25) is 0 Å². The van der Waals surface area contributed by atoms with Crippen LogP contribution in [-0.4, -0.2) is 86.3 Å². The lowest BCUT2D eigenvalue weighted by Crippen LogP contribution is -2.42. The average Bonchev–Trinajstić information content (AvgIpc) is 3.57. The lowest BCUT2D eigenvalue weighted by atomic mass is 10.1. The highest BCUT2D eigenvalue weighted by Gasteiger charge is 2.38. The lowest BCUT2D eigenvalue weighted by Gasteiger charge is -2.32. The van der Waals surface area contributed by atoms with Crippen molar-refractivity contribution in [2.75, 3.05) is 49.6 Å². The molecule has 0 aliphatic carbocycles. The van der Waals surface area contributed by atoms with E-state index in [9.17, 15) is 21.6 Å². The highest BCUT2D eigenvalue weighted by molar-refractivity contribution is 7.89. The Kier molecular flexibility index (Phi) is 8.00. The summed E-state index contributed by atoms with van der Waals surface area (Å²) in [5, 5.41) is 6.73. The summed E-state index contributed by atoms with van der Waals surface area (Å²) in [6.45, 7) is 3.04. The third-order valence-electron chi connectivity index (χ3n) is 8.38. The smallest absolute Gasteiger partial charge is 0.423 e. The Morgan fingerprint density at radius 3 is 2.46 bits per heavy atom. The van der Waals surface area contributed by atoms with Crippen molar-refractivity contribution in [3.05, 3.63) is 36.0 Å². The van der Waals surface area contributed by atoms with Crippen molar-refractivity contribution in [3.63, 3.8) is 0 Å². The minimum absolute atomic E-state index is 0.0146. The summed E-state index contributed by atoms with van der Waals surface area (Å²) in [5.41, 5.74) is -0.0109. The minimum atomic E-state index is -4.66. The predicted molar refractivity (Wildman–Crippen MR) is 146 cm³/mol. The summed E-state index contributed by atoms with van der Waals surface area (Å²) in [7, 11) is -3.68. The molecule has 41 heavy (non-hydrogen) atoms. The second-order valence-electron chi connectivity index (χ2n) is 11.2. The zero-order chi connectivity index (χ0) is 28.6. The van der Waals surface area contributed by atoms with Crippen molar-refractivity contribution in [2.24, 2.45) is 0 Å². The molecule has 0 radical (unpaired) electrons. The number of halogens is 3. The summed E-state index contributed by atoms with van der Waals surface area (Å²) in [4.78, 5) is 10.5. The normalized spacial score (nSPS) is 26.2. The van der Waals surface area contributed by atoms with Crippen LogP contribution in [0.4, 0.5) is 24.8 Å². The van der Waals surface area contributed by atoms with Crippen LogP contribution in [-0.2, 0) is 20.9 Å². The lowest BCUT2D eigenvalue weighted by molar-refractivity contribution is -0.139. The quantitative estimate of drug-likeness (QED) is 0.498. The van der Waals surface area contributed by atoms with E-state index in [4.69, 9.17) is 9.47 Å². The van der Waals surface area contributed by atoms with Crippen LogP contribution in [0.5, 0.6) is 5.88 Å². The highest BCUT2D eigenvalue weighted by atomic mass is 32.2. The fourth-order valence-corrected chi connectivity index (χ4v) is 7.53. The third kappa shape index (κ3) is 6.40. The predicted octanol–water partition coefficient (Wildman–Crippen LogP) is 3.26. The molecule has 5 heterocycles. The van der Waals surface area contributed by atoms with Gasteiger partial charge >= 0.3 is 6.18 Å². The van der Waals surface area contributed by atoms with E-state index in [1.165, 1.54) is 17.1 Å². The van der Waals surface area contributed by atoms with E-state index in [1.54, 1.807) is 12.1 Å². The average molecular weight is 597 g/mol. The van der Waals surface area contributed by atoms with E-state index in [0.717, 1.165) is 31.4 Å². The maximum Gasteiger partial charge on any atom is 0.423 e. The summed E-state index contributed by atoms with van der Waals surface area (Å²) in [6.07, 6.45) is 0.440. The van der Waals surface area contributed by atoms with Crippen molar-refractivity contribution in [1.82, 2.24) is 19.6 Å². The monoisotopic (exact) mass is 596 g/mol. The number of sulfonamides is 1. The van der Waals surface area contributed by atoms with Crippen LogP contribution in [0.25, 0.3) is 0 Å². The molecule has 2 bridgehead atoms. The first-order valence-electron chi connectivity index (χ1n) is 14.2. The number of ether oxygens (including phenoxy) is 2. The van der Waals surface area contributed by atoms with Gasteiger partial charge in [-0.15, -0.1) is 0 Å². The van der Waals surface area contributed by atoms with Crippen LogP contribution in [0, 0.1) is 0 Å². The first kappa shape index (κ1) is 28.4. The van der Waals surface area contributed by atoms with Gasteiger partial charge in [0.1, 0.15) is 11.7 Å². The van der Waals surface area contributed by atoms with Crippen molar-refractivity contribution in [3.8, 4) is 5.88 Å². The molecule has 0 spiro atoms. The molecule has 10 nitrogen and oxygen atoms in total. The summed E-state index contributed by atoms with van der Waals surface area (Å²) in [6, 6.07) is 8.00. The first-order chi connectivity index (χ1) is 19.6. The van der Waals surface area contributed by atoms with Crippen LogP contribution in [0.3, 0.4) is 0 Å².